The molecule has 0 atom stereocenters. The molecule has 0 aromatic heterocycles. The van der Waals surface area contributed by atoms with E-state index >= 15 is 0 Å². The summed E-state index contributed by atoms with van der Waals surface area (Å²) in [6.45, 7) is 3.36. The van der Waals surface area contributed by atoms with Gasteiger partial charge in [-0.05, 0) is 48.7 Å². The summed E-state index contributed by atoms with van der Waals surface area (Å²) >= 11 is 0. The minimum atomic E-state index is -0.481. The van der Waals surface area contributed by atoms with Gasteiger partial charge in [-0.3, -0.25) is 4.79 Å². The number of nitrogens with zero attached hydrogens (tertiary/aromatic N) is 1. The minimum absolute atomic E-state index is 0.135. The van der Waals surface area contributed by atoms with Crippen molar-refractivity contribution in [3.8, 4) is 0 Å². The first-order chi connectivity index (χ1) is 11.0. The van der Waals surface area contributed by atoms with Crippen LogP contribution in [0.3, 0.4) is 0 Å². The molecule has 0 radical (unpaired) electrons. The maximum atomic E-state index is 12.4. The summed E-state index contributed by atoms with van der Waals surface area (Å²) in [6, 6.07) is 12.8. The fourth-order valence-corrected chi connectivity index (χ4v) is 2.78. The van der Waals surface area contributed by atoms with Gasteiger partial charge in [-0.25, -0.2) is 4.79 Å². The van der Waals surface area contributed by atoms with Crippen LogP contribution in [0.2, 0.25) is 0 Å². The second-order valence-corrected chi connectivity index (χ2v) is 5.82. The van der Waals surface area contributed by atoms with E-state index in [4.69, 9.17) is 5.73 Å². The fourth-order valence-electron chi connectivity index (χ4n) is 2.78. The van der Waals surface area contributed by atoms with Crippen LogP contribution < -0.4 is 11.1 Å². The Morgan fingerprint density at radius 1 is 1.09 bits per heavy atom. The zero-order chi connectivity index (χ0) is 16.4. The summed E-state index contributed by atoms with van der Waals surface area (Å²) in [6.07, 6.45) is 0.865. The standard InChI is InChI=1S/C18H19N3O2/c1-12-2-3-13-8-9-21(11-15(13)10-12)18(23)20-16-6-4-14(5-7-16)17(19)22/h2-7,10H,8-9,11H2,1H3,(H2,19,22)(H,20,23). The molecule has 0 fully saturated rings. The Balaban J connectivity index is 1.68. The van der Waals surface area contributed by atoms with Gasteiger partial charge in [0, 0.05) is 24.3 Å². The van der Waals surface area contributed by atoms with Crippen molar-refractivity contribution in [1.29, 1.82) is 0 Å². The van der Waals surface area contributed by atoms with Crippen molar-refractivity contribution < 1.29 is 9.59 Å². The van der Waals surface area contributed by atoms with E-state index in [1.54, 1.807) is 29.2 Å². The molecule has 0 saturated carbocycles. The SMILES string of the molecule is Cc1ccc2c(c1)CN(C(=O)Nc1ccc(C(N)=O)cc1)CC2. The molecular formula is C18H19N3O2. The molecule has 3 amide bonds. The Kier molecular flexibility index (Phi) is 4.02. The molecule has 3 rings (SSSR count). The van der Waals surface area contributed by atoms with Gasteiger partial charge in [0.1, 0.15) is 0 Å². The van der Waals surface area contributed by atoms with E-state index < -0.39 is 5.91 Å². The number of primary amides is 1. The maximum Gasteiger partial charge on any atom is 0.322 e. The van der Waals surface area contributed by atoms with Gasteiger partial charge in [-0.1, -0.05) is 23.8 Å². The smallest absolute Gasteiger partial charge is 0.322 e. The monoisotopic (exact) mass is 309 g/mol. The van der Waals surface area contributed by atoms with Crippen LogP contribution in [0.1, 0.15) is 27.0 Å². The van der Waals surface area contributed by atoms with Gasteiger partial charge in [-0.2, -0.15) is 0 Å². The van der Waals surface area contributed by atoms with Crippen molar-refractivity contribution in [2.24, 2.45) is 5.73 Å². The summed E-state index contributed by atoms with van der Waals surface area (Å²) in [4.78, 5) is 25.3. The summed E-state index contributed by atoms with van der Waals surface area (Å²) in [7, 11) is 0. The highest BCUT2D eigenvalue weighted by Gasteiger charge is 2.20. The van der Waals surface area contributed by atoms with Gasteiger partial charge in [0.2, 0.25) is 5.91 Å². The van der Waals surface area contributed by atoms with Crippen LogP contribution in [-0.2, 0) is 13.0 Å². The van der Waals surface area contributed by atoms with Crippen molar-refractivity contribution in [2.75, 3.05) is 11.9 Å². The molecule has 1 aliphatic rings. The molecule has 23 heavy (non-hydrogen) atoms. The zero-order valence-corrected chi connectivity index (χ0v) is 13.0. The number of urea groups is 1. The molecule has 2 aromatic carbocycles. The van der Waals surface area contributed by atoms with E-state index in [0.29, 0.717) is 24.3 Å². The van der Waals surface area contributed by atoms with Gasteiger partial charge < -0.3 is 16.0 Å². The highest BCUT2D eigenvalue weighted by atomic mass is 16.2. The first-order valence-corrected chi connectivity index (χ1v) is 7.57. The predicted octanol–water partition coefficient (Wildman–Crippen LogP) is 2.68. The Bertz CT molecular complexity index is 753. The number of benzene rings is 2. The molecule has 2 aromatic rings. The van der Waals surface area contributed by atoms with Crippen LogP contribution >= 0.6 is 0 Å². The number of carbonyl (C=O) groups is 2. The van der Waals surface area contributed by atoms with Crippen molar-refractivity contribution in [3.05, 3.63) is 64.7 Å². The summed E-state index contributed by atoms with van der Waals surface area (Å²) in [5, 5.41) is 2.86. The van der Waals surface area contributed by atoms with E-state index in [-0.39, 0.29) is 6.03 Å². The molecule has 0 unspecified atom stereocenters. The van der Waals surface area contributed by atoms with Crippen LogP contribution in [0.5, 0.6) is 0 Å². The molecule has 0 aliphatic carbocycles. The Morgan fingerprint density at radius 3 is 2.52 bits per heavy atom. The lowest BCUT2D eigenvalue weighted by atomic mass is 9.98. The number of anilines is 1. The molecule has 0 bridgehead atoms. The lowest BCUT2D eigenvalue weighted by Gasteiger charge is -2.29. The number of fused-ring (bicyclic) bond motifs is 1. The van der Waals surface area contributed by atoms with E-state index in [1.807, 2.05) is 0 Å². The Labute approximate surface area is 135 Å². The lowest BCUT2D eigenvalue weighted by molar-refractivity contribution is 0.100. The number of nitrogens with two attached hydrogens (primary N) is 1. The molecule has 5 heteroatoms. The first kappa shape index (κ1) is 15.1. The predicted molar refractivity (Wildman–Crippen MR) is 89.3 cm³/mol. The highest BCUT2D eigenvalue weighted by molar-refractivity contribution is 5.94. The number of aryl methyl sites for hydroxylation is 1. The van der Waals surface area contributed by atoms with Crippen molar-refractivity contribution >= 4 is 17.6 Å². The first-order valence-electron chi connectivity index (χ1n) is 7.57. The quantitative estimate of drug-likeness (QED) is 0.895. The molecular weight excluding hydrogens is 290 g/mol. The largest absolute Gasteiger partial charge is 0.366 e. The molecule has 5 nitrogen and oxygen atoms in total. The molecule has 0 spiro atoms. The molecule has 1 heterocycles. The van der Waals surface area contributed by atoms with Gasteiger partial charge >= 0.3 is 6.03 Å². The topological polar surface area (TPSA) is 75.4 Å². The number of amides is 3. The Hall–Kier alpha value is -2.82. The maximum absolute atomic E-state index is 12.4. The average molecular weight is 309 g/mol. The summed E-state index contributed by atoms with van der Waals surface area (Å²) in [5.41, 5.74) is 9.99. The second-order valence-electron chi connectivity index (χ2n) is 5.82. The van der Waals surface area contributed by atoms with E-state index in [0.717, 1.165) is 6.42 Å². The summed E-state index contributed by atoms with van der Waals surface area (Å²) in [5.74, 6) is -0.481. The third-order valence-corrected chi connectivity index (χ3v) is 4.08. The zero-order valence-electron chi connectivity index (χ0n) is 13.0. The number of hydrogen-bond donors (Lipinski definition) is 2. The van der Waals surface area contributed by atoms with Gasteiger partial charge in [-0.15, -0.1) is 0 Å². The van der Waals surface area contributed by atoms with Crippen LogP contribution in [0.4, 0.5) is 10.5 Å². The lowest BCUT2D eigenvalue weighted by Crippen LogP contribution is -2.38. The van der Waals surface area contributed by atoms with Crippen LogP contribution in [0, 0.1) is 6.92 Å². The number of nitrogens with one attached hydrogen (secondary N) is 1. The Morgan fingerprint density at radius 2 is 1.83 bits per heavy atom. The van der Waals surface area contributed by atoms with E-state index in [2.05, 4.69) is 30.4 Å². The van der Waals surface area contributed by atoms with Crippen LogP contribution in [-0.4, -0.2) is 23.4 Å². The van der Waals surface area contributed by atoms with Crippen molar-refractivity contribution in [1.82, 2.24) is 4.90 Å². The highest BCUT2D eigenvalue weighted by Crippen LogP contribution is 2.21. The van der Waals surface area contributed by atoms with Gasteiger partial charge in [0.05, 0.1) is 0 Å². The summed E-state index contributed by atoms with van der Waals surface area (Å²) < 4.78 is 0. The molecule has 3 N–H and O–H groups in total. The van der Waals surface area contributed by atoms with Crippen molar-refractivity contribution in [3.63, 3.8) is 0 Å². The van der Waals surface area contributed by atoms with E-state index in [1.165, 1.54) is 16.7 Å². The number of rotatable bonds is 2. The third kappa shape index (κ3) is 3.34. The second kappa shape index (κ2) is 6.12. The van der Waals surface area contributed by atoms with Gasteiger partial charge in [0.25, 0.3) is 0 Å². The number of carbonyl (C=O) groups excluding carboxylic acids is 2. The molecule has 1 aliphatic heterocycles. The fraction of sp³-hybridized carbons (Fsp3) is 0.222. The minimum Gasteiger partial charge on any atom is -0.366 e. The normalized spacial score (nSPS) is 13.3. The van der Waals surface area contributed by atoms with Crippen LogP contribution in [0.25, 0.3) is 0 Å². The van der Waals surface area contributed by atoms with Crippen molar-refractivity contribution in [2.45, 2.75) is 19.9 Å². The molecule has 118 valence electrons. The average Bonchev–Trinajstić information content (AvgIpc) is 2.54. The van der Waals surface area contributed by atoms with Crippen LogP contribution in [0.15, 0.2) is 42.5 Å². The van der Waals surface area contributed by atoms with Gasteiger partial charge in [0.15, 0.2) is 0 Å². The number of hydrogen-bond acceptors (Lipinski definition) is 2. The third-order valence-electron chi connectivity index (χ3n) is 4.08. The van der Waals surface area contributed by atoms with E-state index in [9.17, 15) is 9.59 Å². The molecule has 0 saturated heterocycles.